The Morgan fingerprint density at radius 3 is 2.47 bits per heavy atom. The van der Waals surface area contributed by atoms with Crippen molar-refractivity contribution in [2.45, 2.75) is 6.18 Å². The smallest absolute Gasteiger partial charge is 0.416 e. The number of hydrogen-bond acceptors (Lipinski definition) is 2. The quantitative estimate of drug-likeness (QED) is 0.827. The van der Waals surface area contributed by atoms with Gasteiger partial charge in [0.1, 0.15) is 17.3 Å². The molecule has 0 radical (unpaired) electrons. The van der Waals surface area contributed by atoms with E-state index in [0.29, 0.717) is 12.1 Å². The number of aromatic carboxylic acids is 1. The minimum absolute atomic E-state index is 0.151. The van der Waals surface area contributed by atoms with Gasteiger partial charge < -0.3 is 10.1 Å². The SMILES string of the molecule is O=C(O)c1cnc(-c2cc(F)cc(C(F)(F)F)c2)[nH]1. The number of imidazole rings is 1. The highest BCUT2D eigenvalue weighted by molar-refractivity contribution is 5.85. The summed E-state index contributed by atoms with van der Waals surface area (Å²) in [7, 11) is 0. The average Bonchev–Trinajstić information content (AvgIpc) is 2.76. The number of carboxylic acids is 1. The van der Waals surface area contributed by atoms with Crippen molar-refractivity contribution in [3.8, 4) is 11.4 Å². The van der Waals surface area contributed by atoms with E-state index in [1.54, 1.807) is 0 Å². The van der Waals surface area contributed by atoms with Crippen molar-refractivity contribution in [1.29, 1.82) is 0 Å². The summed E-state index contributed by atoms with van der Waals surface area (Å²) in [6, 6.07) is 1.87. The molecule has 0 aliphatic rings. The first-order chi connectivity index (χ1) is 8.77. The molecule has 0 spiro atoms. The number of nitrogens with one attached hydrogen (secondary N) is 1. The van der Waals surface area contributed by atoms with Gasteiger partial charge in [-0.2, -0.15) is 13.2 Å². The van der Waals surface area contributed by atoms with E-state index in [1.807, 2.05) is 0 Å². The van der Waals surface area contributed by atoms with Crippen LogP contribution in [0.1, 0.15) is 16.1 Å². The van der Waals surface area contributed by atoms with Crippen LogP contribution in [0.25, 0.3) is 11.4 Å². The van der Waals surface area contributed by atoms with E-state index in [0.717, 1.165) is 12.3 Å². The van der Waals surface area contributed by atoms with Crippen molar-refractivity contribution in [3.63, 3.8) is 0 Å². The van der Waals surface area contributed by atoms with Gasteiger partial charge in [-0.3, -0.25) is 0 Å². The van der Waals surface area contributed by atoms with Crippen molar-refractivity contribution < 1.29 is 27.5 Å². The maximum absolute atomic E-state index is 13.2. The number of aromatic amines is 1. The van der Waals surface area contributed by atoms with Gasteiger partial charge in [0, 0.05) is 5.56 Å². The molecule has 1 aromatic carbocycles. The number of alkyl halides is 3. The van der Waals surface area contributed by atoms with Gasteiger partial charge in [0.15, 0.2) is 0 Å². The van der Waals surface area contributed by atoms with Gasteiger partial charge in [0.25, 0.3) is 0 Å². The second kappa shape index (κ2) is 4.38. The van der Waals surface area contributed by atoms with E-state index in [4.69, 9.17) is 5.11 Å². The third-order valence-electron chi connectivity index (χ3n) is 2.30. The van der Waals surface area contributed by atoms with Crippen LogP contribution in [0.3, 0.4) is 0 Å². The summed E-state index contributed by atoms with van der Waals surface area (Å²) >= 11 is 0. The van der Waals surface area contributed by atoms with Crippen LogP contribution < -0.4 is 0 Å². The van der Waals surface area contributed by atoms with Crippen LogP contribution in [-0.4, -0.2) is 21.0 Å². The first-order valence-corrected chi connectivity index (χ1v) is 4.94. The lowest BCUT2D eigenvalue weighted by Crippen LogP contribution is -2.05. The topological polar surface area (TPSA) is 66.0 Å². The predicted molar refractivity (Wildman–Crippen MR) is 55.9 cm³/mol. The molecule has 8 heteroatoms. The predicted octanol–water partition coefficient (Wildman–Crippen LogP) is 2.93. The molecule has 2 N–H and O–H groups in total. The second-order valence-electron chi connectivity index (χ2n) is 3.68. The van der Waals surface area contributed by atoms with Crippen molar-refractivity contribution in [3.05, 3.63) is 41.5 Å². The van der Waals surface area contributed by atoms with Gasteiger partial charge in [0.05, 0.1) is 11.8 Å². The molecule has 0 bridgehead atoms. The van der Waals surface area contributed by atoms with Crippen LogP contribution in [0.4, 0.5) is 17.6 Å². The molecule has 0 atom stereocenters. The summed E-state index contributed by atoms with van der Waals surface area (Å²) in [6.07, 6.45) is -3.76. The number of nitrogens with zero attached hydrogens (tertiary/aromatic N) is 1. The monoisotopic (exact) mass is 274 g/mol. The van der Waals surface area contributed by atoms with Crippen molar-refractivity contribution in [1.82, 2.24) is 9.97 Å². The Hall–Kier alpha value is -2.38. The Balaban J connectivity index is 2.50. The summed E-state index contributed by atoms with van der Waals surface area (Å²) in [6.45, 7) is 0. The summed E-state index contributed by atoms with van der Waals surface area (Å²) in [5.41, 5.74) is -1.65. The number of H-pyrrole nitrogens is 1. The normalized spacial score (nSPS) is 11.6. The van der Waals surface area contributed by atoms with Gasteiger partial charge in [-0.15, -0.1) is 0 Å². The molecule has 0 fully saturated rings. The van der Waals surface area contributed by atoms with E-state index in [9.17, 15) is 22.4 Å². The molecule has 0 aliphatic carbocycles. The molecule has 19 heavy (non-hydrogen) atoms. The van der Waals surface area contributed by atoms with Gasteiger partial charge >= 0.3 is 12.1 Å². The van der Waals surface area contributed by atoms with Gasteiger partial charge in [-0.25, -0.2) is 14.2 Å². The lowest BCUT2D eigenvalue weighted by molar-refractivity contribution is -0.137. The zero-order valence-corrected chi connectivity index (χ0v) is 9.12. The van der Waals surface area contributed by atoms with E-state index in [2.05, 4.69) is 9.97 Å². The molecule has 0 unspecified atom stereocenters. The molecule has 1 aromatic heterocycles. The number of hydrogen-bond donors (Lipinski definition) is 2. The largest absolute Gasteiger partial charge is 0.477 e. The first kappa shape index (κ1) is 13.1. The Bertz CT molecular complexity index is 634. The maximum atomic E-state index is 13.2. The van der Waals surface area contributed by atoms with Gasteiger partial charge in [-0.1, -0.05) is 0 Å². The average molecular weight is 274 g/mol. The van der Waals surface area contributed by atoms with E-state index < -0.39 is 23.5 Å². The Morgan fingerprint density at radius 1 is 1.26 bits per heavy atom. The summed E-state index contributed by atoms with van der Waals surface area (Å²) < 4.78 is 50.7. The molecular weight excluding hydrogens is 268 g/mol. The highest BCUT2D eigenvalue weighted by Gasteiger charge is 2.31. The third-order valence-corrected chi connectivity index (χ3v) is 2.30. The van der Waals surface area contributed by atoms with E-state index in [1.165, 1.54) is 0 Å². The minimum atomic E-state index is -4.70. The summed E-state index contributed by atoms with van der Waals surface area (Å²) in [5, 5.41) is 8.66. The minimum Gasteiger partial charge on any atom is -0.477 e. The van der Waals surface area contributed by atoms with E-state index >= 15 is 0 Å². The fourth-order valence-electron chi connectivity index (χ4n) is 1.47. The molecule has 2 aromatic rings. The van der Waals surface area contributed by atoms with Crippen LogP contribution >= 0.6 is 0 Å². The lowest BCUT2D eigenvalue weighted by Gasteiger charge is -2.08. The molecule has 1 heterocycles. The zero-order valence-electron chi connectivity index (χ0n) is 9.12. The third kappa shape index (κ3) is 2.72. The van der Waals surface area contributed by atoms with Crippen LogP contribution in [0, 0.1) is 5.82 Å². The standard InChI is InChI=1S/C11H6F4N2O2/c12-7-2-5(1-6(3-7)11(13,14)15)9-16-4-8(17-9)10(18)19/h1-4H,(H,16,17)(H,18,19). The highest BCUT2D eigenvalue weighted by Crippen LogP contribution is 2.32. The highest BCUT2D eigenvalue weighted by atomic mass is 19.4. The molecular formula is C11H6F4N2O2. The summed E-state index contributed by atoms with van der Waals surface area (Å²) in [5.74, 6) is -2.55. The zero-order chi connectivity index (χ0) is 14.2. The molecule has 0 aliphatic heterocycles. The number of rotatable bonds is 2. The lowest BCUT2D eigenvalue weighted by atomic mass is 10.1. The Kier molecular flexibility index (Phi) is 3.01. The van der Waals surface area contributed by atoms with Crippen LogP contribution in [0.15, 0.2) is 24.4 Å². The molecule has 0 amide bonds. The van der Waals surface area contributed by atoms with Crippen LogP contribution in [0.5, 0.6) is 0 Å². The number of halogens is 4. The van der Waals surface area contributed by atoms with Crippen LogP contribution in [0.2, 0.25) is 0 Å². The van der Waals surface area contributed by atoms with Crippen molar-refractivity contribution in [2.75, 3.05) is 0 Å². The Morgan fingerprint density at radius 2 is 1.95 bits per heavy atom. The van der Waals surface area contributed by atoms with E-state index in [-0.39, 0.29) is 17.1 Å². The first-order valence-electron chi connectivity index (χ1n) is 4.94. The summed E-state index contributed by atoms with van der Waals surface area (Å²) in [4.78, 5) is 16.5. The van der Waals surface area contributed by atoms with Gasteiger partial charge in [0.2, 0.25) is 0 Å². The van der Waals surface area contributed by atoms with Crippen molar-refractivity contribution >= 4 is 5.97 Å². The molecule has 100 valence electrons. The molecule has 4 nitrogen and oxygen atoms in total. The molecule has 2 rings (SSSR count). The Labute approximate surface area is 103 Å². The molecule has 0 saturated heterocycles. The number of benzene rings is 1. The van der Waals surface area contributed by atoms with Crippen LogP contribution in [-0.2, 0) is 6.18 Å². The second-order valence-corrected chi connectivity index (χ2v) is 3.68. The fraction of sp³-hybridized carbons (Fsp3) is 0.0909. The number of carboxylic acid groups (broad SMARTS) is 1. The van der Waals surface area contributed by atoms with Gasteiger partial charge in [-0.05, 0) is 18.2 Å². The van der Waals surface area contributed by atoms with Crippen molar-refractivity contribution in [2.24, 2.45) is 0 Å². The molecule has 0 saturated carbocycles. The number of aromatic nitrogens is 2. The fourth-order valence-corrected chi connectivity index (χ4v) is 1.47. The number of carbonyl (C=O) groups is 1. The maximum Gasteiger partial charge on any atom is 0.416 e.